The van der Waals surface area contributed by atoms with Gasteiger partial charge in [0.25, 0.3) is 0 Å². The van der Waals surface area contributed by atoms with Crippen molar-refractivity contribution < 1.29 is 28.6 Å². The highest BCUT2D eigenvalue weighted by Gasteiger charge is 2.19. The monoisotopic (exact) mass is 1080 g/mol. The molecule has 0 amide bonds. The lowest BCUT2D eigenvalue weighted by Gasteiger charge is -2.18. The molecular formula is C71H134O6. The van der Waals surface area contributed by atoms with Crippen LogP contribution in [0.1, 0.15) is 393 Å². The van der Waals surface area contributed by atoms with Gasteiger partial charge in [-0.2, -0.15) is 0 Å². The quantitative estimate of drug-likeness (QED) is 0.0261. The molecule has 0 aliphatic carbocycles. The van der Waals surface area contributed by atoms with Gasteiger partial charge in [-0.1, -0.05) is 328 Å². The van der Waals surface area contributed by atoms with E-state index in [2.05, 4.69) is 45.1 Å². The van der Waals surface area contributed by atoms with Crippen molar-refractivity contribution in [1.29, 1.82) is 0 Å². The molecule has 0 bridgehead atoms. The fourth-order valence-corrected chi connectivity index (χ4v) is 10.7. The fourth-order valence-electron chi connectivity index (χ4n) is 10.7. The first-order valence-electron chi connectivity index (χ1n) is 34.8. The molecule has 6 nitrogen and oxygen atoms in total. The summed E-state index contributed by atoms with van der Waals surface area (Å²) in [5.41, 5.74) is 0. The first kappa shape index (κ1) is 74.9. The van der Waals surface area contributed by atoms with Crippen LogP contribution in [0.25, 0.3) is 0 Å². The van der Waals surface area contributed by atoms with Crippen molar-refractivity contribution in [2.75, 3.05) is 13.2 Å². The Kier molecular flexibility index (Phi) is 64.6. The molecular weight excluding hydrogens is 949 g/mol. The summed E-state index contributed by atoms with van der Waals surface area (Å²) in [6, 6.07) is 0. The zero-order valence-electron chi connectivity index (χ0n) is 52.3. The van der Waals surface area contributed by atoms with E-state index in [0.717, 1.165) is 57.8 Å². The molecule has 0 aliphatic heterocycles. The normalized spacial score (nSPS) is 12.1. The fraction of sp³-hybridized carbons (Fsp3) is 0.901. The highest BCUT2D eigenvalue weighted by Crippen LogP contribution is 2.18. The zero-order chi connectivity index (χ0) is 55.7. The van der Waals surface area contributed by atoms with Gasteiger partial charge in [0, 0.05) is 19.3 Å². The summed E-state index contributed by atoms with van der Waals surface area (Å²) in [5, 5.41) is 0. The van der Waals surface area contributed by atoms with Gasteiger partial charge in [-0.05, 0) is 70.6 Å². The number of hydrogen-bond acceptors (Lipinski definition) is 6. The first-order valence-corrected chi connectivity index (χ1v) is 34.8. The lowest BCUT2D eigenvalue weighted by Crippen LogP contribution is -2.30. The van der Waals surface area contributed by atoms with Crippen LogP contribution in [0.5, 0.6) is 0 Å². The summed E-state index contributed by atoms with van der Waals surface area (Å²) < 4.78 is 17.0. The van der Waals surface area contributed by atoms with Gasteiger partial charge in [-0.25, -0.2) is 0 Å². The number of esters is 3. The van der Waals surface area contributed by atoms with Gasteiger partial charge in [0.2, 0.25) is 0 Å². The molecule has 6 heteroatoms. The minimum Gasteiger partial charge on any atom is -0.462 e. The largest absolute Gasteiger partial charge is 0.462 e. The molecule has 0 spiro atoms. The molecule has 1 atom stereocenters. The summed E-state index contributed by atoms with van der Waals surface area (Å²) in [5.74, 6) is -0.840. The topological polar surface area (TPSA) is 78.9 Å². The Morgan fingerprint density at radius 1 is 0.247 bits per heavy atom. The molecule has 454 valence electrons. The molecule has 0 N–H and O–H groups in total. The van der Waals surface area contributed by atoms with Gasteiger partial charge >= 0.3 is 17.9 Å². The molecule has 77 heavy (non-hydrogen) atoms. The van der Waals surface area contributed by atoms with E-state index in [1.165, 1.54) is 295 Å². The summed E-state index contributed by atoms with van der Waals surface area (Å²) in [6.07, 6.45) is 80.7. The second kappa shape index (κ2) is 66.4. The third-order valence-electron chi connectivity index (χ3n) is 15.9. The van der Waals surface area contributed by atoms with Gasteiger partial charge in [0.05, 0.1) is 0 Å². The van der Waals surface area contributed by atoms with Crippen molar-refractivity contribution in [2.24, 2.45) is 0 Å². The average Bonchev–Trinajstić information content (AvgIpc) is 3.43. The predicted molar refractivity (Wildman–Crippen MR) is 335 cm³/mol. The van der Waals surface area contributed by atoms with Crippen molar-refractivity contribution in [2.45, 2.75) is 399 Å². The maximum atomic E-state index is 12.9. The number of unbranched alkanes of at least 4 members (excludes halogenated alkanes) is 50. The maximum Gasteiger partial charge on any atom is 0.306 e. The van der Waals surface area contributed by atoms with E-state index >= 15 is 0 Å². The Morgan fingerprint density at radius 2 is 0.429 bits per heavy atom. The van der Waals surface area contributed by atoms with Crippen LogP contribution in [0.15, 0.2) is 24.3 Å². The maximum absolute atomic E-state index is 12.9. The minimum atomic E-state index is -0.768. The number of rotatable bonds is 65. The summed E-state index contributed by atoms with van der Waals surface area (Å²) >= 11 is 0. The van der Waals surface area contributed by atoms with E-state index in [9.17, 15) is 14.4 Å². The van der Waals surface area contributed by atoms with Crippen molar-refractivity contribution in [3.05, 3.63) is 24.3 Å². The standard InChI is InChI=1S/C71H134O6/c1-4-7-10-13-16-19-22-24-26-28-30-31-32-33-34-35-36-37-38-39-41-42-44-46-49-52-55-58-61-64-70(73)76-67-68(66-75-69(72)63-60-57-54-51-48-21-18-15-12-9-6-3)77-71(74)65-62-59-56-53-50-47-45-43-40-29-27-25-23-20-17-14-11-8-5-2/h25,27-28,30,68H,4-24,26,29,31-67H2,1-3H3/b27-25-,30-28-. The van der Waals surface area contributed by atoms with Crippen molar-refractivity contribution in [1.82, 2.24) is 0 Å². The summed E-state index contributed by atoms with van der Waals surface area (Å²) in [4.78, 5) is 38.3. The van der Waals surface area contributed by atoms with Crippen LogP contribution in [0, 0.1) is 0 Å². The van der Waals surface area contributed by atoms with Gasteiger partial charge in [-0.15, -0.1) is 0 Å². The molecule has 0 saturated heterocycles. The molecule has 0 aromatic rings. The molecule has 0 saturated carbocycles. The third kappa shape index (κ3) is 64.6. The summed E-state index contributed by atoms with van der Waals surface area (Å²) in [6.45, 7) is 6.70. The highest BCUT2D eigenvalue weighted by atomic mass is 16.6. The highest BCUT2D eigenvalue weighted by molar-refractivity contribution is 5.71. The van der Waals surface area contributed by atoms with E-state index in [1.807, 2.05) is 0 Å². The number of carbonyl (C=O) groups excluding carboxylic acids is 3. The van der Waals surface area contributed by atoms with Crippen LogP contribution in [0.2, 0.25) is 0 Å². The number of ether oxygens (including phenoxy) is 3. The first-order chi connectivity index (χ1) is 38.0. The molecule has 0 aromatic heterocycles. The smallest absolute Gasteiger partial charge is 0.306 e. The number of carbonyl (C=O) groups is 3. The average molecular weight is 1080 g/mol. The van der Waals surface area contributed by atoms with Crippen LogP contribution in [0.4, 0.5) is 0 Å². The van der Waals surface area contributed by atoms with Gasteiger partial charge in [-0.3, -0.25) is 14.4 Å². The lowest BCUT2D eigenvalue weighted by molar-refractivity contribution is -0.167. The Hall–Kier alpha value is -2.11. The van der Waals surface area contributed by atoms with Gasteiger partial charge < -0.3 is 14.2 Å². The SMILES string of the molecule is CCCCCCCC/C=C\CCCCCCCCCCCC(=O)OC(COC(=O)CCCCCCCCCCCCC)COC(=O)CCCCCCCCCCCCCCCCCCC/C=C\CCCCCCCCCC. The molecule has 1 unspecified atom stereocenters. The Labute approximate surface area is 481 Å². The van der Waals surface area contributed by atoms with E-state index in [4.69, 9.17) is 14.2 Å². The van der Waals surface area contributed by atoms with Crippen LogP contribution in [-0.4, -0.2) is 37.2 Å². The Balaban J connectivity index is 4.13. The van der Waals surface area contributed by atoms with Crippen molar-refractivity contribution >= 4 is 17.9 Å². The van der Waals surface area contributed by atoms with E-state index in [-0.39, 0.29) is 31.1 Å². The Bertz CT molecular complexity index is 1240. The lowest BCUT2D eigenvalue weighted by atomic mass is 10.0. The molecule has 0 fully saturated rings. The van der Waals surface area contributed by atoms with Crippen LogP contribution in [0.3, 0.4) is 0 Å². The molecule has 0 aromatic carbocycles. The minimum absolute atomic E-state index is 0.0660. The summed E-state index contributed by atoms with van der Waals surface area (Å²) in [7, 11) is 0. The molecule has 0 heterocycles. The third-order valence-corrected chi connectivity index (χ3v) is 15.9. The molecule has 0 radical (unpaired) electrons. The second-order valence-corrected chi connectivity index (χ2v) is 23.8. The van der Waals surface area contributed by atoms with E-state index in [1.54, 1.807) is 0 Å². The van der Waals surface area contributed by atoms with E-state index < -0.39 is 6.10 Å². The number of allylic oxidation sites excluding steroid dienone is 4. The van der Waals surface area contributed by atoms with Crippen molar-refractivity contribution in [3.8, 4) is 0 Å². The van der Waals surface area contributed by atoms with E-state index in [0.29, 0.717) is 19.3 Å². The Morgan fingerprint density at radius 3 is 0.649 bits per heavy atom. The van der Waals surface area contributed by atoms with Crippen molar-refractivity contribution in [3.63, 3.8) is 0 Å². The second-order valence-electron chi connectivity index (χ2n) is 23.8. The predicted octanol–water partition coefficient (Wildman–Crippen LogP) is 23.8. The zero-order valence-corrected chi connectivity index (χ0v) is 52.3. The van der Waals surface area contributed by atoms with Crippen LogP contribution >= 0.6 is 0 Å². The molecule has 0 rings (SSSR count). The van der Waals surface area contributed by atoms with Crippen LogP contribution in [-0.2, 0) is 28.6 Å². The van der Waals surface area contributed by atoms with Crippen LogP contribution < -0.4 is 0 Å². The van der Waals surface area contributed by atoms with Gasteiger partial charge in [0.15, 0.2) is 6.10 Å². The molecule has 0 aliphatic rings. The van der Waals surface area contributed by atoms with Gasteiger partial charge in [0.1, 0.15) is 13.2 Å². The number of hydrogen-bond donors (Lipinski definition) is 0.